The number of benzene rings is 1. The second-order valence-corrected chi connectivity index (χ2v) is 3.89. The predicted octanol–water partition coefficient (Wildman–Crippen LogP) is 3.00. The molecule has 1 aromatic rings. The first kappa shape index (κ1) is 9.74. The SMILES string of the molecule is COC(=O)c1ccc(Br)cc1Br. The first-order chi connectivity index (χ1) is 5.65. The number of ether oxygens (including phenoxy) is 1. The van der Waals surface area contributed by atoms with Crippen LogP contribution in [0.2, 0.25) is 0 Å². The number of hydrogen-bond donors (Lipinski definition) is 0. The van der Waals surface area contributed by atoms with Crippen LogP contribution in [0.25, 0.3) is 0 Å². The summed E-state index contributed by atoms with van der Waals surface area (Å²) in [5.41, 5.74) is 0.528. The molecule has 0 N–H and O–H groups in total. The van der Waals surface area contributed by atoms with Crippen LogP contribution in [-0.4, -0.2) is 13.1 Å². The molecular weight excluding hydrogens is 288 g/mol. The Bertz CT molecular complexity index is 310. The van der Waals surface area contributed by atoms with Gasteiger partial charge in [-0.3, -0.25) is 0 Å². The van der Waals surface area contributed by atoms with E-state index in [4.69, 9.17) is 0 Å². The quantitative estimate of drug-likeness (QED) is 0.744. The summed E-state index contributed by atoms with van der Waals surface area (Å²) in [5, 5.41) is 0. The van der Waals surface area contributed by atoms with Gasteiger partial charge in [-0.05, 0) is 34.1 Å². The molecule has 0 aromatic heterocycles. The summed E-state index contributed by atoms with van der Waals surface area (Å²) < 4.78 is 6.22. The van der Waals surface area contributed by atoms with Crippen molar-refractivity contribution in [3.63, 3.8) is 0 Å². The molecule has 0 unspecified atom stereocenters. The topological polar surface area (TPSA) is 26.3 Å². The van der Waals surface area contributed by atoms with Crippen LogP contribution in [0, 0.1) is 0 Å². The fraction of sp³-hybridized carbons (Fsp3) is 0.125. The van der Waals surface area contributed by atoms with Crippen molar-refractivity contribution in [2.45, 2.75) is 0 Å². The third-order valence-corrected chi connectivity index (χ3v) is 2.49. The molecule has 0 bridgehead atoms. The molecule has 0 spiro atoms. The number of halogens is 2. The lowest BCUT2D eigenvalue weighted by Crippen LogP contribution is -2.01. The molecule has 4 heteroatoms. The third-order valence-electron chi connectivity index (χ3n) is 1.34. The van der Waals surface area contributed by atoms with Crippen molar-refractivity contribution in [2.75, 3.05) is 7.11 Å². The number of carbonyl (C=O) groups excluding carboxylic acids is 1. The van der Waals surface area contributed by atoms with Gasteiger partial charge in [0.25, 0.3) is 0 Å². The van der Waals surface area contributed by atoms with E-state index in [9.17, 15) is 4.79 Å². The second kappa shape index (κ2) is 4.05. The van der Waals surface area contributed by atoms with Crippen LogP contribution in [0.3, 0.4) is 0 Å². The van der Waals surface area contributed by atoms with Gasteiger partial charge in [0.1, 0.15) is 0 Å². The highest BCUT2D eigenvalue weighted by molar-refractivity contribution is 9.11. The summed E-state index contributed by atoms with van der Waals surface area (Å²) in [7, 11) is 1.36. The van der Waals surface area contributed by atoms with E-state index in [1.165, 1.54) is 7.11 Å². The standard InChI is InChI=1S/C8H6Br2O2/c1-12-8(11)6-3-2-5(9)4-7(6)10/h2-4H,1H3. The molecule has 2 nitrogen and oxygen atoms in total. The molecule has 0 saturated heterocycles. The van der Waals surface area contributed by atoms with E-state index in [-0.39, 0.29) is 5.97 Å². The van der Waals surface area contributed by atoms with Gasteiger partial charge >= 0.3 is 5.97 Å². The molecule has 12 heavy (non-hydrogen) atoms. The maximum Gasteiger partial charge on any atom is 0.339 e. The van der Waals surface area contributed by atoms with E-state index < -0.39 is 0 Å². The first-order valence-electron chi connectivity index (χ1n) is 3.18. The van der Waals surface area contributed by atoms with Crippen molar-refractivity contribution in [3.8, 4) is 0 Å². The molecule has 0 aliphatic carbocycles. The van der Waals surface area contributed by atoms with Crippen LogP contribution < -0.4 is 0 Å². The Morgan fingerprint density at radius 1 is 1.42 bits per heavy atom. The number of esters is 1. The van der Waals surface area contributed by atoms with Crippen molar-refractivity contribution in [1.29, 1.82) is 0 Å². The lowest BCUT2D eigenvalue weighted by molar-refractivity contribution is 0.0599. The first-order valence-corrected chi connectivity index (χ1v) is 4.77. The average Bonchev–Trinajstić information content (AvgIpc) is 2.03. The van der Waals surface area contributed by atoms with E-state index in [1.54, 1.807) is 18.2 Å². The normalized spacial score (nSPS) is 9.58. The summed E-state index contributed by atoms with van der Waals surface area (Å²) in [5.74, 6) is -0.339. The van der Waals surface area contributed by atoms with E-state index in [2.05, 4.69) is 36.6 Å². The minimum absolute atomic E-state index is 0.339. The lowest BCUT2D eigenvalue weighted by atomic mass is 10.2. The highest BCUT2D eigenvalue weighted by Gasteiger charge is 2.09. The molecule has 0 heterocycles. The van der Waals surface area contributed by atoms with Crippen LogP contribution in [0.5, 0.6) is 0 Å². The van der Waals surface area contributed by atoms with Gasteiger partial charge in [-0.2, -0.15) is 0 Å². The van der Waals surface area contributed by atoms with Crippen LogP contribution in [0.1, 0.15) is 10.4 Å². The number of hydrogen-bond acceptors (Lipinski definition) is 2. The fourth-order valence-corrected chi connectivity index (χ4v) is 1.97. The van der Waals surface area contributed by atoms with Gasteiger partial charge in [0.2, 0.25) is 0 Å². The van der Waals surface area contributed by atoms with Gasteiger partial charge in [-0.1, -0.05) is 15.9 Å². The van der Waals surface area contributed by atoms with Crippen LogP contribution in [0.4, 0.5) is 0 Å². The molecule has 0 amide bonds. The smallest absolute Gasteiger partial charge is 0.339 e. The molecule has 0 aliphatic rings. The number of methoxy groups -OCH3 is 1. The molecule has 64 valence electrons. The zero-order chi connectivity index (χ0) is 9.14. The van der Waals surface area contributed by atoms with Crippen molar-refractivity contribution in [2.24, 2.45) is 0 Å². The highest BCUT2D eigenvalue weighted by Crippen LogP contribution is 2.22. The van der Waals surface area contributed by atoms with Gasteiger partial charge in [0.05, 0.1) is 12.7 Å². The minimum atomic E-state index is -0.339. The monoisotopic (exact) mass is 292 g/mol. The Kier molecular flexibility index (Phi) is 3.29. The van der Waals surface area contributed by atoms with Gasteiger partial charge in [-0.15, -0.1) is 0 Å². The van der Waals surface area contributed by atoms with Crippen LogP contribution in [-0.2, 0) is 4.74 Å². The summed E-state index contributed by atoms with van der Waals surface area (Å²) in [6.07, 6.45) is 0. The molecule has 0 saturated carbocycles. The van der Waals surface area contributed by atoms with E-state index in [1.807, 2.05) is 0 Å². The number of carbonyl (C=O) groups is 1. The van der Waals surface area contributed by atoms with Gasteiger partial charge in [0.15, 0.2) is 0 Å². The van der Waals surface area contributed by atoms with Crippen molar-refractivity contribution >= 4 is 37.8 Å². The largest absolute Gasteiger partial charge is 0.465 e. The minimum Gasteiger partial charge on any atom is -0.465 e. The molecule has 0 aliphatic heterocycles. The molecule has 1 aromatic carbocycles. The Balaban J connectivity index is 3.09. The van der Waals surface area contributed by atoms with Crippen molar-refractivity contribution < 1.29 is 9.53 Å². The van der Waals surface area contributed by atoms with Gasteiger partial charge in [-0.25, -0.2) is 4.79 Å². The Labute approximate surface area is 87.2 Å². The summed E-state index contributed by atoms with van der Waals surface area (Å²) in [6, 6.07) is 5.28. The van der Waals surface area contributed by atoms with Crippen molar-refractivity contribution in [1.82, 2.24) is 0 Å². The fourth-order valence-electron chi connectivity index (χ4n) is 0.765. The third kappa shape index (κ3) is 2.08. The Hall–Kier alpha value is -0.350. The summed E-state index contributed by atoms with van der Waals surface area (Å²) in [4.78, 5) is 11.1. The Morgan fingerprint density at radius 2 is 2.08 bits per heavy atom. The van der Waals surface area contributed by atoms with Crippen molar-refractivity contribution in [3.05, 3.63) is 32.7 Å². The summed E-state index contributed by atoms with van der Waals surface area (Å²) >= 11 is 6.54. The molecule has 0 radical (unpaired) electrons. The van der Waals surface area contributed by atoms with Gasteiger partial charge in [0, 0.05) is 8.95 Å². The molecule has 0 atom stereocenters. The lowest BCUT2D eigenvalue weighted by Gasteiger charge is -2.01. The average molecular weight is 294 g/mol. The molecule has 0 fully saturated rings. The van der Waals surface area contributed by atoms with E-state index in [0.29, 0.717) is 5.56 Å². The zero-order valence-electron chi connectivity index (χ0n) is 6.30. The van der Waals surface area contributed by atoms with E-state index >= 15 is 0 Å². The van der Waals surface area contributed by atoms with Crippen LogP contribution >= 0.6 is 31.9 Å². The Morgan fingerprint density at radius 3 is 2.58 bits per heavy atom. The predicted molar refractivity (Wildman–Crippen MR) is 53.2 cm³/mol. The molecular formula is C8H6Br2O2. The zero-order valence-corrected chi connectivity index (χ0v) is 9.48. The maximum absolute atomic E-state index is 11.1. The van der Waals surface area contributed by atoms with Gasteiger partial charge < -0.3 is 4.74 Å². The van der Waals surface area contributed by atoms with E-state index in [0.717, 1.165) is 8.95 Å². The second-order valence-electron chi connectivity index (χ2n) is 2.12. The summed E-state index contributed by atoms with van der Waals surface area (Å²) in [6.45, 7) is 0. The van der Waals surface area contributed by atoms with Crippen LogP contribution in [0.15, 0.2) is 27.1 Å². The maximum atomic E-state index is 11.1. The highest BCUT2D eigenvalue weighted by atomic mass is 79.9. The number of rotatable bonds is 1. The molecule has 1 rings (SSSR count).